The van der Waals surface area contributed by atoms with Crippen molar-refractivity contribution in [3.8, 4) is 0 Å². The average Bonchev–Trinajstić information content (AvgIpc) is 2.26. The molecular weight excluding hydrogens is 202 g/mol. The average molecular weight is 221 g/mol. The Balaban J connectivity index is 2.68. The highest BCUT2D eigenvalue weighted by Crippen LogP contribution is 2.22. The normalized spacial score (nSPS) is 31.4. The van der Waals surface area contributed by atoms with E-state index in [0.717, 1.165) is 6.42 Å². The highest BCUT2D eigenvalue weighted by atomic mass is 32.2. The first kappa shape index (κ1) is 11.9. The summed E-state index contributed by atoms with van der Waals surface area (Å²) in [5, 5.41) is 9.79. The maximum absolute atomic E-state index is 11.6. The third kappa shape index (κ3) is 2.93. The van der Waals surface area contributed by atoms with Crippen molar-refractivity contribution in [3.05, 3.63) is 0 Å². The predicted molar refractivity (Wildman–Crippen MR) is 55.5 cm³/mol. The standard InChI is InChI=1S/C9H19NO3S/c1-3-14(12,13)10-7-4-5-9(2,11)6-8-10/h11H,3-8H2,1-2H3. The molecule has 1 aliphatic heterocycles. The van der Waals surface area contributed by atoms with Crippen LogP contribution in [0.15, 0.2) is 0 Å². The van der Waals surface area contributed by atoms with Crippen molar-refractivity contribution < 1.29 is 13.5 Å². The Bertz CT molecular complexity index is 284. The molecule has 0 spiro atoms. The lowest BCUT2D eigenvalue weighted by Gasteiger charge is -2.21. The molecule has 5 heteroatoms. The van der Waals surface area contributed by atoms with Gasteiger partial charge in [-0.1, -0.05) is 0 Å². The van der Waals surface area contributed by atoms with E-state index in [0.29, 0.717) is 25.9 Å². The Morgan fingerprint density at radius 1 is 1.36 bits per heavy atom. The molecule has 1 saturated heterocycles. The fourth-order valence-electron chi connectivity index (χ4n) is 1.70. The highest BCUT2D eigenvalue weighted by Gasteiger charge is 2.29. The van der Waals surface area contributed by atoms with E-state index in [-0.39, 0.29) is 5.75 Å². The van der Waals surface area contributed by atoms with Crippen LogP contribution in [0.2, 0.25) is 0 Å². The third-order valence-electron chi connectivity index (χ3n) is 2.78. The lowest BCUT2D eigenvalue weighted by atomic mass is 9.98. The lowest BCUT2D eigenvalue weighted by Crippen LogP contribution is -2.34. The SMILES string of the molecule is CCS(=O)(=O)N1CCCC(C)(O)CC1. The van der Waals surface area contributed by atoms with Crippen LogP contribution in [0, 0.1) is 0 Å². The number of hydrogen-bond acceptors (Lipinski definition) is 3. The fourth-order valence-corrected chi connectivity index (χ4v) is 2.84. The number of rotatable bonds is 2. The monoisotopic (exact) mass is 221 g/mol. The van der Waals surface area contributed by atoms with Crippen LogP contribution in [0.1, 0.15) is 33.1 Å². The molecule has 1 unspecified atom stereocenters. The van der Waals surface area contributed by atoms with Crippen LogP contribution in [-0.4, -0.2) is 42.3 Å². The van der Waals surface area contributed by atoms with E-state index in [4.69, 9.17) is 0 Å². The molecule has 1 aliphatic rings. The molecule has 4 nitrogen and oxygen atoms in total. The quantitative estimate of drug-likeness (QED) is 0.742. The van der Waals surface area contributed by atoms with E-state index in [9.17, 15) is 13.5 Å². The summed E-state index contributed by atoms with van der Waals surface area (Å²) in [6, 6.07) is 0. The van der Waals surface area contributed by atoms with E-state index in [1.54, 1.807) is 13.8 Å². The molecule has 0 aromatic carbocycles. The second-order valence-electron chi connectivity index (χ2n) is 4.15. The van der Waals surface area contributed by atoms with E-state index in [1.807, 2.05) is 0 Å². The molecule has 84 valence electrons. The van der Waals surface area contributed by atoms with Crippen molar-refractivity contribution in [3.63, 3.8) is 0 Å². The van der Waals surface area contributed by atoms with Gasteiger partial charge in [-0.2, -0.15) is 0 Å². The first-order valence-corrected chi connectivity index (χ1v) is 6.68. The van der Waals surface area contributed by atoms with Gasteiger partial charge in [0.1, 0.15) is 0 Å². The van der Waals surface area contributed by atoms with Crippen LogP contribution in [0.4, 0.5) is 0 Å². The summed E-state index contributed by atoms with van der Waals surface area (Å²) < 4.78 is 24.6. The zero-order valence-electron chi connectivity index (χ0n) is 8.86. The zero-order chi connectivity index (χ0) is 10.8. The first-order valence-electron chi connectivity index (χ1n) is 5.07. The molecule has 0 aliphatic carbocycles. The summed E-state index contributed by atoms with van der Waals surface area (Å²) in [4.78, 5) is 0. The van der Waals surface area contributed by atoms with Gasteiger partial charge in [-0.25, -0.2) is 12.7 Å². The van der Waals surface area contributed by atoms with Crippen LogP contribution in [-0.2, 0) is 10.0 Å². The Labute approximate surface area is 86.0 Å². The van der Waals surface area contributed by atoms with Gasteiger partial charge < -0.3 is 5.11 Å². The van der Waals surface area contributed by atoms with Gasteiger partial charge in [0.05, 0.1) is 11.4 Å². The second-order valence-corrected chi connectivity index (χ2v) is 6.41. The Hall–Kier alpha value is -0.130. The van der Waals surface area contributed by atoms with Crippen LogP contribution < -0.4 is 0 Å². The number of hydrogen-bond donors (Lipinski definition) is 1. The molecule has 14 heavy (non-hydrogen) atoms. The molecule has 1 rings (SSSR count). The van der Waals surface area contributed by atoms with Crippen molar-refractivity contribution in [1.29, 1.82) is 0 Å². The number of nitrogens with zero attached hydrogens (tertiary/aromatic N) is 1. The largest absolute Gasteiger partial charge is 0.390 e. The molecule has 1 heterocycles. The van der Waals surface area contributed by atoms with Crippen molar-refractivity contribution in [2.75, 3.05) is 18.8 Å². The van der Waals surface area contributed by atoms with Gasteiger partial charge in [0.15, 0.2) is 0 Å². The van der Waals surface area contributed by atoms with Gasteiger partial charge >= 0.3 is 0 Å². The lowest BCUT2D eigenvalue weighted by molar-refractivity contribution is 0.0465. The van der Waals surface area contributed by atoms with Crippen molar-refractivity contribution in [2.45, 2.75) is 38.7 Å². The Kier molecular flexibility index (Phi) is 3.55. The van der Waals surface area contributed by atoms with Crippen LogP contribution >= 0.6 is 0 Å². The van der Waals surface area contributed by atoms with E-state index in [1.165, 1.54) is 4.31 Å². The Morgan fingerprint density at radius 2 is 2.00 bits per heavy atom. The molecular formula is C9H19NO3S. The summed E-state index contributed by atoms with van der Waals surface area (Å²) in [5.41, 5.74) is -0.696. The van der Waals surface area contributed by atoms with Gasteiger partial charge in [0, 0.05) is 13.1 Å². The molecule has 0 saturated carbocycles. The fraction of sp³-hybridized carbons (Fsp3) is 1.00. The first-order chi connectivity index (χ1) is 6.37. The number of aliphatic hydroxyl groups is 1. The minimum absolute atomic E-state index is 0.148. The van der Waals surface area contributed by atoms with E-state index in [2.05, 4.69) is 0 Å². The third-order valence-corrected chi connectivity index (χ3v) is 4.66. The minimum Gasteiger partial charge on any atom is -0.390 e. The zero-order valence-corrected chi connectivity index (χ0v) is 9.68. The minimum atomic E-state index is -3.07. The Morgan fingerprint density at radius 3 is 2.57 bits per heavy atom. The molecule has 0 aromatic heterocycles. The van der Waals surface area contributed by atoms with Gasteiger partial charge in [0.25, 0.3) is 0 Å². The molecule has 0 bridgehead atoms. The van der Waals surface area contributed by atoms with Crippen molar-refractivity contribution in [2.24, 2.45) is 0 Å². The van der Waals surface area contributed by atoms with Gasteiger partial charge in [-0.05, 0) is 33.1 Å². The van der Waals surface area contributed by atoms with Gasteiger partial charge in [0.2, 0.25) is 10.0 Å². The van der Waals surface area contributed by atoms with Crippen molar-refractivity contribution >= 4 is 10.0 Å². The molecule has 1 N–H and O–H groups in total. The second kappa shape index (κ2) is 4.16. The molecule has 1 fully saturated rings. The smallest absolute Gasteiger partial charge is 0.213 e. The van der Waals surface area contributed by atoms with Gasteiger partial charge in [-0.3, -0.25) is 0 Å². The number of sulfonamides is 1. The molecule has 1 atom stereocenters. The van der Waals surface area contributed by atoms with Crippen LogP contribution in [0.5, 0.6) is 0 Å². The van der Waals surface area contributed by atoms with Crippen molar-refractivity contribution in [1.82, 2.24) is 4.31 Å². The molecule has 0 amide bonds. The summed E-state index contributed by atoms with van der Waals surface area (Å²) in [6.07, 6.45) is 1.96. The van der Waals surface area contributed by atoms with Gasteiger partial charge in [-0.15, -0.1) is 0 Å². The predicted octanol–water partition coefficient (Wildman–Crippen LogP) is 0.573. The molecule has 0 aromatic rings. The summed E-state index contributed by atoms with van der Waals surface area (Å²) in [5.74, 6) is 0.148. The summed E-state index contributed by atoms with van der Waals surface area (Å²) >= 11 is 0. The van der Waals surface area contributed by atoms with E-state index >= 15 is 0 Å². The van der Waals surface area contributed by atoms with E-state index < -0.39 is 15.6 Å². The maximum Gasteiger partial charge on any atom is 0.213 e. The van der Waals surface area contributed by atoms with Crippen LogP contribution in [0.25, 0.3) is 0 Å². The van der Waals surface area contributed by atoms with Crippen LogP contribution in [0.3, 0.4) is 0 Å². The molecule has 0 radical (unpaired) electrons. The highest BCUT2D eigenvalue weighted by molar-refractivity contribution is 7.89. The summed E-state index contributed by atoms with van der Waals surface area (Å²) in [7, 11) is -3.07. The topological polar surface area (TPSA) is 57.6 Å². The maximum atomic E-state index is 11.6. The summed E-state index contributed by atoms with van der Waals surface area (Å²) in [6.45, 7) is 4.42.